The predicted molar refractivity (Wildman–Crippen MR) is 124 cm³/mol. The molecular weight excluding hydrogens is 457 g/mol. The summed E-state index contributed by atoms with van der Waals surface area (Å²) in [6.45, 7) is 8.80. The monoisotopic (exact) mass is 487 g/mol. The largest absolute Gasteiger partial charge is 0.357 e. The van der Waals surface area contributed by atoms with E-state index in [1.165, 1.54) is 0 Å². The first kappa shape index (κ1) is 22.8. The molecule has 0 radical (unpaired) electrons. The fourth-order valence-electron chi connectivity index (χ4n) is 2.31. The number of benzene rings is 1. The van der Waals surface area contributed by atoms with E-state index in [0.29, 0.717) is 6.54 Å². The third kappa shape index (κ3) is 6.83. The van der Waals surface area contributed by atoms with Gasteiger partial charge in [-0.3, -0.25) is 4.99 Å². The van der Waals surface area contributed by atoms with E-state index >= 15 is 0 Å². The molecule has 0 saturated heterocycles. The maximum atomic E-state index is 4.79. The van der Waals surface area contributed by atoms with E-state index in [0.717, 1.165) is 36.1 Å². The van der Waals surface area contributed by atoms with Gasteiger partial charge in [-0.1, -0.05) is 30.3 Å². The smallest absolute Gasteiger partial charge is 0.194 e. The highest BCUT2D eigenvalue weighted by atomic mass is 127. The molecule has 0 spiro atoms. The summed E-state index contributed by atoms with van der Waals surface area (Å²) in [5.74, 6) is 1.83. The Hall–Kier alpha value is -1.22. The fraction of sp³-hybridized carbons (Fsp3) is 0.474. The highest BCUT2D eigenvalue weighted by molar-refractivity contribution is 14.0. The van der Waals surface area contributed by atoms with Crippen LogP contribution in [0.25, 0.3) is 11.3 Å². The molecule has 0 aliphatic carbocycles. The molecule has 2 aromatic rings. The third-order valence-corrected chi connectivity index (χ3v) is 5.19. The van der Waals surface area contributed by atoms with E-state index in [1.807, 2.05) is 43.2 Å². The quantitative estimate of drug-likeness (QED) is 0.349. The molecule has 0 saturated carbocycles. The average Bonchev–Trinajstić information content (AvgIpc) is 3.07. The molecule has 0 aliphatic heterocycles. The Morgan fingerprint density at radius 2 is 2.00 bits per heavy atom. The summed E-state index contributed by atoms with van der Waals surface area (Å²) in [6, 6.07) is 10.2. The number of aromatic amines is 1. The van der Waals surface area contributed by atoms with Crippen molar-refractivity contribution in [2.45, 2.75) is 32.1 Å². The standard InChI is InChI=1S/C19H29N5S.HI/c1-6-20-18(22-14-19(2,3)25-5)24(4)13-17-21-12-16(23-17)15-10-8-7-9-11-15;/h7-12H,6,13-14H2,1-5H3,(H,20,22)(H,21,23);1H. The van der Waals surface area contributed by atoms with E-state index in [9.17, 15) is 0 Å². The number of halogens is 1. The van der Waals surface area contributed by atoms with Crippen molar-refractivity contribution in [3.8, 4) is 11.3 Å². The van der Waals surface area contributed by atoms with Gasteiger partial charge in [-0.15, -0.1) is 24.0 Å². The molecule has 144 valence electrons. The van der Waals surface area contributed by atoms with Crippen LogP contribution in [0.15, 0.2) is 41.5 Å². The van der Waals surface area contributed by atoms with Crippen LogP contribution in [0.4, 0.5) is 0 Å². The van der Waals surface area contributed by atoms with Gasteiger partial charge in [-0.05, 0) is 32.6 Å². The molecule has 0 unspecified atom stereocenters. The molecule has 2 N–H and O–H groups in total. The molecule has 0 fully saturated rings. The average molecular weight is 487 g/mol. The number of thioether (sulfide) groups is 1. The molecule has 1 aromatic heterocycles. The van der Waals surface area contributed by atoms with Crippen LogP contribution in [0.5, 0.6) is 0 Å². The number of aliphatic imine (C=N–C) groups is 1. The van der Waals surface area contributed by atoms with Gasteiger partial charge in [0, 0.05) is 18.3 Å². The SMILES string of the molecule is CCNC(=NCC(C)(C)SC)N(C)Cc1ncc(-c2ccccc2)[nH]1.I. The number of guanidine groups is 1. The summed E-state index contributed by atoms with van der Waals surface area (Å²) in [4.78, 5) is 14.8. The van der Waals surface area contributed by atoms with E-state index in [4.69, 9.17) is 4.99 Å². The van der Waals surface area contributed by atoms with Crippen molar-refractivity contribution >= 4 is 41.7 Å². The van der Waals surface area contributed by atoms with Gasteiger partial charge in [0.25, 0.3) is 0 Å². The zero-order chi connectivity index (χ0) is 18.3. The van der Waals surface area contributed by atoms with Gasteiger partial charge in [-0.2, -0.15) is 11.8 Å². The molecule has 26 heavy (non-hydrogen) atoms. The highest BCUT2D eigenvalue weighted by Crippen LogP contribution is 2.21. The summed E-state index contributed by atoms with van der Waals surface area (Å²) in [5, 5.41) is 3.36. The number of hydrogen-bond acceptors (Lipinski definition) is 3. The van der Waals surface area contributed by atoms with E-state index in [-0.39, 0.29) is 28.7 Å². The van der Waals surface area contributed by atoms with Gasteiger partial charge in [0.2, 0.25) is 0 Å². The lowest BCUT2D eigenvalue weighted by Gasteiger charge is -2.24. The normalized spacial score (nSPS) is 11.8. The zero-order valence-electron chi connectivity index (χ0n) is 16.2. The maximum Gasteiger partial charge on any atom is 0.194 e. The first-order valence-electron chi connectivity index (χ1n) is 8.59. The van der Waals surface area contributed by atoms with Crippen LogP contribution in [0.1, 0.15) is 26.6 Å². The minimum atomic E-state index is 0. The van der Waals surface area contributed by atoms with Gasteiger partial charge in [-0.25, -0.2) is 4.98 Å². The minimum absolute atomic E-state index is 0. The summed E-state index contributed by atoms with van der Waals surface area (Å²) in [7, 11) is 2.04. The van der Waals surface area contributed by atoms with Crippen LogP contribution in [-0.2, 0) is 6.54 Å². The van der Waals surface area contributed by atoms with Crippen molar-refractivity contribution in [2.24, 2.45) is 4.99 Å². The lowest BCUT2D eigenvalue weighted by molar-refractivity contribution is 0.462. The molecule has 0 atom stereocenters. The van der Waals surface area contributed by atoms with Crippen LogP contribution in [-0.4, -0.2) is 52.0 Å². The number of rotatable bonds is 7. The topological polar surface area (TPSA) is 56.3 Å². The molecular formula is C19H30IN5S. The van der Waals surface area contributed by atoms with Gasteiger partial charge >= 0.3 is 0 Å². The Morgan fingerprint density at radius 1 is 1.31 bits per heavy atom. The highest BCUT2D eigenvalue weighted by Gasteiger charge is 2.17. The van der Waals surface area contributed by atoms with Gasteiger partial charge < -0.3 is 15.2 Å². The van der Waals surface area contributed by atoms with Crippen LogP contribution in [0.3, 0.4) is 0 Å². The van der Waals surface area contributed by atoms with Crippen LogP contribution >= 0.6 is 35.7 Å². The van der Waals surface area contributed by atoms with E-state index in [2.05, 4.69) is 59.3 Å². The lowest BCUT2D eigenvalue weighted by Crippen LogP contribution is -2.39. The third-order valence-electron chi connectivity index (χ3n) is 3.96. The van der Waals surface area contributed by atoms with Crippen LogP contribution in [0.2, 0.25) is 0 Å². The van der Waals surface area contributed by atoms with Crippen LogP contribution < -0.4 is 5.32 Å². The molecule has 5 nitrogen and oxygen atoms in total. The van der Waals surface area contributed by atoms with E-state index < -0.39 is 0 Å². The Balaban J connectivity index is 0.00000338. The molecule has 1 aromatic carbocycles. The summed E-state index contributed by atoms with van der Waals surface area (Å²) < 4.78 is 0.132. The number of nitrogens with one attached hydrogen (secondary N) is 2. The zero-order valence-corrected chi connectivity index (χ0v) is 19.4. The number of hydrogen-bond donors (Lipinski definition) is 2. The number of nitrogens with zero attached hydrogens (tertiary/aromatic N) is 3. The predicted octanol–water partition coefficient (Wildman–Crippen LogP) is 4.23. The van der Waals surface area contributed by atoms with Crippen LogP contribution in [0, 0.1) is 0 Å². The molecule has 0 amide bonds. The van der Waals surface area contributed by atoms with E-state index in [1.54, 1.807) is 0 Å². The number of aromatic nitrogens is 2. The number of H-pyrrole nitrogens is 1. The Morgan fingerprint density at radius 3 is 2.62 bits per heavy atom. The van der Waals surface area contributed by atoms with Crippen molar-refractivity contribution in [1.29, 1.82) is 0 Å². The maximum absolute atomic E-state index is 4.79. The molecule has 1 heterocycles. The minimum Gasteiger partial charge on any atom is -0.357 e. The van der Waals surface area contributed by atoms with Crippen molar-refractivity contribution < 1.29 is 0 Å². The Kier molecular flexibility index (Phi) is 9.49. The summed E-state index contributed by atoms with van der Waals surface area (Å²) >= 11 is 1.83. The Labute approximate surface area is 178 Å². The molecule has 2 rings (SSSR count). The van der Waals surface area contributed by atoms with Gasteiger partial charge in [0.1, 0.15) is 5.82 Å². The number of imidazole rings is 1. The first-order chi connectivity index (χ1) is 11.9. The molecule has 0 aliphatic rings. The second-order valence-corrected chi connectivity index (χ2v) is 8.11. The van der Waals surface area contributed by atoms with Crippen molar-refractivity contribution in [2.75, 3.05) is 26.4 Å². The second kappa shape index (κ2) is 10.8. The summed E-state index contributed by atoms with van der Waals surface area (Å²) in [5.41, 5.74) is 2.18. The van der Waals surface area contributed by atoms with Crippen molar-refractivity contribution in [3.63, 3.8) is 0 Å². The Bertz CT molecular complexity index is 684. The van der Waals surface area contributed by atoms with Gasteiger partial charge in [0.05, 0.1) is 25.0 Å². The van der Waals surface area contributed by atoms with Crippen molar-refractivity contribution in [1.82, 2.24) is 20.2 Å². The molecule has 7 heteroatoms. The first-order valence-corrected chi connectivity index (χ1v) is 9.81. The fourth-order valence-corrected chi connectivity index (χ4v) is 2.50. The van der Waals surface area contributed by atoms with Gasteiger partial charge in [0.15, 0.2) is 5.96 Å². The second-order valence-electron chi connectivity index (χ2n) is 6.60. The molecule has 0 bridgehead atoms. The lowest BCUT2D eigenvalue weighted by atomic mass is 10.2. The van der Waals surface area contributed by atoms with Crippen molar-refractivity contribution in [3.05, 3.63) is 42.4 Å². The summed E-state index contributed by atoms with van der Waals surface area (Å²) in [6.07, 6.45) is 4.01.